The van der Waals surface area contributed by atoms with Crippen LogP contribution in [0.3, 0.4) is 0 Å². The average molecular weight is 306 g/mol. The molecule has 1 aromatic carbocycles. The van der Waals surface area contributed by atoms with Crippen molar-refractivity contribution in [2.45, 2.75) is 31.4 Å². The SMILES string of the molecule is O=C(c1ccc(F)cc1)C1CCN(C2CNCCC2O)CC1. The number of Topliss-reactive ketones (excluding diaryl/α,β-unsaturated/α-hetero) is 1. The van der Waals surface area contributed by atoms with Crippen molar-refractivity contribution < 1.29 is 14.3 Å². The summed E-state index contributed by atoms with van der Waals surface area (Å²) in [5.41, 5.74) is 0.596. The molecule has 2 unspecified atom stereocenters. The lowest BCUT2D eigenvalue weighted by Crippen LogP contribution is -2.56. The summed E-state index contributed by atoms with van der Waals surface area (Å²) in [4.78, 5) is 14.8. The Labute approximate surface area is 130 Å². The Morgan fingerprint density at radius 2 is 1.86 bits per heavy atom. The van der Waals surface area contributed by atoms with Crippen LogP contribution in [-0.2, 0) is 0 Å². The first-order valence-corrected chi connectivity index (χ1v) is 8.08. The van der Waals surface area contributed by atoms with Gasteiger partial charge in [-0.25, -0.2) is 4.39 Å². The molecule has 4 nitrogen and oxygen atoms in total. The van der Waals surface area contributed by atoms with Gasteiger partial charge in [0.2, 0.25) is 0 Å². The summed E-state index contributed by atoms with van der Waals surface area (Å²) in [6.45, 7) is 3.36. The number of ketones is 1. The zero-order valence-electron chi connectivity index (χ0n) is 12.7. The molecule has 0 bridgehead atoms. The molecule has 2 N–H and O–H groups in total. The number of rotatable bonds is 3. The number of hydrogen-bond acceptors (Lipinski definition) is 4. The molecule has 0 spiro atoms. The van der Waals surface area contributed by atoms with Crippen LogP contribution in [0.4, 0.5) is 4.39 Å². The van der Waals surface area contributed by atoms with Crippen molar-refractivity contribution in [2.24, 2.45) is 5.92 Å². The van der Waals surface area contributed by atoms with Gasteiger partial charge in [0.15, 0.2) is 5.78 Å². The third-order valence-corrected chi connectivity index (χ3v) is 4.91. The van der Waals surface area contributed by atoms with Crippen molar-refractivity contribution >= 4 is 5.78 Å². The quantitative estimate of drug-likeness (QED) is 0.830. The monoisotopic (exact) mass is 306 g/mol. The van der Waals surface area contributed by atoms with E-state index in [1.807, 2.05) is 0 Å². The molecule has 2 atom stereocenters. The minimum absolute atomic E-state index is 0.00963. The highest BCUT2D eigenvalue weighted by Crippen LogP contribution is 2.25. The van der Waals surface area contributed by atoms with Gasteiger partial charge < -0.3 is 10.4 Å². The molecule has 2 aliphatic rings. The zero-order valence-corrected chi connectivity index (χ0v) is 12.7. The molecule has 2 aliphatic heterocycles. The van der Waals surface area contributed by atoms with Gasteiger partial charge in [-0.2, -0.15) is 0 Å². The fourth-order valence-corrected chi connectivity index (χ4v) is 3.54. The average Bonchev–Trinajstić information content (AvgIpc) is 2.56. The third-order valence-electron chi connectivity index (χ3n) is 4.91. The van der Waals surface area contributed by atoms with Crippen LogP contribution in [0.25, 0.3) is 0 Å². The van der Waals surface area contributed by atoms with Gasteiger partial charge in [0.25, 0.3) is 0 Å². The Kier molecular flexibility index (Phi) is 4.86. The largest absolute Gasteiger partial charge is 0.391 e. The zero-order chi connectivity index (χ0) is 15.5. The molecule has 3 rings (SSSR count). The molecule has 2 saturated heterocycles. The number of carbonyl (C=O) groups is 1. The van der Waals surface area contributed by atoms with Crippen LogP contribution >= 0.6 is 0 Å². The number of hydrogen-bond donors (Lipinski definition) is 2. The van der Waals surface area contributed by atoms with E-state index in [1.165, 1.54) is 12.1 Å². The number of carbonyl (C=O) groups excluding carboxylic acids is 1. The highest BCUT2D eigenvalue weighted by atomic mass is 19.1. The fourth-order valence-electron chi connectivity index (χ4n) is 3.54. The van der Waals surface area contributed by atoms with Crippen molar-refractivity contribution in [1.29, 1.82) is 0 Å². The van der Waals surface area contributed by atoms with Gasteiger partial charge in [-0.1, -0.05) is 0 Å². The van der Waals surface area contributed by atoms with Gasteiger partial charge in [-0.05, 0) is 63.2 Å². The predicted octanol–water partition coefficient (Wildman–Crippen LogP) is 1.44. The molecule has 1 aromatic rings. The van der Waals surface area contributed by atoms with E-state index in [2.05, 4.69) is 10.2 Å². The molecule has 0 saturated carbocycles. The number of nitrogens with zero attached hydrogens (tertiary/aromatic N) is 1. The Morgan fingerprint density at radius 3 is 2.50 bits per heavy atom. The van der Waals surface area contributed by atoms with Crippen LogP contribution in [0.15, 0.2) is 24.3 Å². The molecule has 0 amide bonds. The lowest BCUT2D eigenvalue weighted by molar-refractivity contribution is 0.0125. The molecule has 5 heteroatoms. The standard InChI is InChI=1S/C17H23FN2O2/c18-14-3-1-12(2-4-14)17(22)13-6-9-20(10-7-13)15-11-19-8-5-16(15)21/h1-4,13,15-16,19,21H,5-11H2. The van der Waals surface area contributed by atoms with Gasteiger partial charge in [-0.15, -0.1) is 0 Å². The Bertz CT molecular complexity index is 512. The van der Waals surface area contributed by atoms with Crippen molar-refractivity contribution in [1.82, 2.24) is 10.2 Å². The number of aliphatic hydroxyl groups is 1. The van der Waals surface area contributed by atoms with Crippen LogP contribution in [0.2, 0.25) is 0 Å². The number of halogens is 1. The Balaban J connectivity index is 1.57. The van der Waals surface area contributed by atoms with Crippen LogP contribution in [-0.4, -0.2) is 54.1 Å². The van der Waals surface area contributed by atoms with Crippen molar-refractivity contribution in [3.8, 4) is 0 Å². The van der Waals surface area contributed by atoms with Crippen LogP contribution in [0, 0.1) is 11.7 Å². The van der Waals surface area contributed by atoms with E-state index in [-0.39, 0.29) is 29.7 Å². The third kappa shape index (κ3) is 3.37. The molecule has 0 aliphatic carbocycles. The number of benzene rings is 1. The maximum Gasteiger partial charge on any atom is 0.166 e. The molecule has 2 fully saturated rings. The van der Waals surface area contributed by atoms with Crippen molar-refractivity contribution in [3.05, 3.63) is 35.6 Å². The molecular formula is C17H23FN2O2. The van der Waals surface area contributed by atoms with Gasteiger partial charge in [0.05, 0.1) is 6.10 Å². The fraction of sp³-hybridized carbons (Fsp3) is 0.588. The van der Waals surface area contributed by atoms with E-state index in [0.717, 1.165) is 45.4 Å². The van der Waals surface area contributed by atoms with E-state index >= 15 is 0 Å². The molecular weight excluding hydrogens is 283 g/mol. The summed E-state index contributed by atoms with van der Waals surface area (Å²) in [7, 11) is 0. The van der Waals surface area contributed by atoms with Crippen LogP contribution < -0.4 is 5.32 Å². The Morgan fingerprint density at radius 1 is 1.18 bits per heavy atom. The second-order valence-corrected chi connectivity index (χ2v) is 6.31. The summed E-state index contributed by atoms with van der Waals surface area (Å²) in [6, 6.07) is 5.98. The maximum atomic E-state index is 12.9. The first-order chi connectivity index (χ1) is 10.6. The summed E-state index contributed by atoms with van der Waals surface area (Å²) in [6.07, 6.45) is 2.13. The molecule has 0 aromatic heterocycles. The lowest BCUT2D eigenvalue weighted by Gasteiger charge is -2.41. The van der Waals surface area contributed by atoms with Gasteiger partial charge >= 0.3 is 0 Å². The first-order valence-electron chi connectivity index (χ1n) is 8.08. The van der Waals surface area contributed by atoms with Gasteiger partial charge in [0, 0.05) is 24.1 Å². The Hall–Kier alpha value is -1.30. The summed E-state index contributed by atoms with van der Waals surface area (Å²) in [5, 5.41) is 13.4. The van der Waals surface area contributed by atoms with Crippen LogP contribution in [0.1, 0.15) is 29.6 Å². The summed E-state index contributed by atoms with van der Waals surface area (Å²) < 4.78 is 12.9. The molecule has 120 valence electrons. The predicted molar refractivity (Wildman–Crippen MR) is 82.3 cm³/mol. The molecule has 0 radical (unpaired) electrons. The summed E-state index contributed by atoms with van der Waals surface area (Å²) in [5.74, 6) is -0.192. The van der Waals surface area contributed by atoms with Crippen molar-refractivity contribution in [3.63, 3.8) is 0 Å². The van der Waals surface area contributed by atoms with E-state index in [0.29, 0.717) is 5.56 Å². The second-order valence-electron chi connectivity index (χ2n) is 6.31. The second kappa shape index (κ2) is 6.86. The van der Waals surface area contributed by atoms with Gasteiger partial charge in [-0.3, -0.25) is 9.69 Å². The van der Waals surface area contributed by atoms with E-state index in [4.69, 9.17) is 0 Å². The number of aliphatic hydroxyl groups excluding tert-OH is 1. The van der Waals surface area contributed by atoms with Crippen molar-refractivity contribution in [2.75, 3.05) is 26.2 Å². The lowest BCUT2D eigenvalue weighted by atomic mass is 9.87. The minimum atomic E-state index is -0.315. The number of nitrogens with one attached hydrogen (secondary N) is 1. The molecule has 22 heavy (non-hydrogen) atoms. The maximum absolute atomic E-state index is 12.9. The minimum Gasteiger partial charge on any atom is -0.391 e. The first kappa shape index (κ1) is 15.6. The topological polar surface area (TPSA) is 52.6 Å². The van der Waals surface area contributed by atoms with E-state index in [1.54, 1.807) is 12.1 Å². The smallest absolute Gasteiger partial charge is 0.166 e. The normalized spacial score (nSPS) is 27.7. The molecule has 2 heterocycles. The van der Waals surface area contributed by atoms with Crippen LogP contribution in [0.5, 0.6) is 0 Å². The van der Waals surface area contributed by atoms with E-state index in [9.17, 15) is 14.3 Å². The number of likely N-dealkylation sites (tertiary alicyclic amines) is 1. The number of piperidine rings is 2. The van der Waals surface area contributed by atoms with Gasteiger partial charge in [0.1, 0.15) is 5.82 Å². The highest BCUT2D eigenvalue weighted by Gasteiger charge is 2.33. The van der Waals surface area contributed by atoms with E-state index < -0.39 is 0 Å². The highest BCUT2D eigenvalue weighted by molar-refractivity contribution is 5.97. The summed E-state index contributed by atoms with van der Waals surface area (Å²) >= 11 is 0.